The Labute approximate surface area is 259 Å². The second kappa shape index (κ2) is 11.7. The van der Waals surface area contributed by atoms with Crippen molar-refractivity contribution in [3.63, 3.8) is 0 Å². The van der Waals surface area contributed by atoms with Gasteiger partial charge < -0.3 is 19.1 Å². The molecule has 2 aliphatic heterocycles. The second-order valence-electron chi connectivity index (χ2n) is 12.6. The summed E-state index contributed by atoms with van der Waals surface area (Å²) < 4.78 is 35.8. The van der Waals surface area contributed by atoms with E-state index in [1.54, 1.807) is 19.2 Å². The molecular formula is C33H41N5O5S. The quantitative estimate of drug-likeness (QED) is 0.428. The molecule has 2 fully saturated rings. The van der Waals surface area contributed by atoms with Crippen molar-refractivity contribution in [2.45, 2.75) is 50.6 Å². The number of carbonyl (C=O) groups excluding carboxylic acids is 2. The Balaban J connectivity index is 1.53. The van der Waals surface area contributed by atoms with Crippen molar-refractivity contribution in [3.05, 3.63) is 58.7 Å². The molecule has 0 atom stereocenters. The highest BCUT2D eigenvalue weighted by molar-refractivity contribution is 7.87. The van der Waals surface area contributed by atoms with Crippen molar-refractivity contribution in [3.8, 4) is 17.0 Å². The standard InChI is InChI=1S/C33H41N5O5S/c1-35(2)25-19-37(20-25)33(40)24-15-23-16-26(43-5)12-14-27(23)31-30(21-9-7-6-8-10-21)28-13-11-22(17-29(28)38(31)18-24)32(39)34-44(41,42)36(3)4/h11-17,21,25H,6-10,18-20H2,1-5H3,(H,34,39). The van der Waals surface area contributed by atoms with E-state index in [0.29, 0.717) is 42.9 Å². The molecule has 1 saturated carbocycles. The summed E-state index contributed by atoms with van der Waals surface area (Å²) in [5.41, 5.74) is 5.94. The third-order valence-electron chi connectivity index (χ3n) is 9.41. The highest BCUT2D eigenvalue weighted by Crippen LogP contribution is 2.47. The zero-order chi connectivity index (χ0) is 31.3. The third kappa shape index (κ3) is 5.41. The summed E-state index contributed by atoms with van der Waals surface area (Å²) in [4.78, 5) is 31.2. The number of hydrogen-bond acceptors (Lipinski definition) is 6. The van der Waals surface area contributed by atoms with Gasteiger partial charge in [0.1, 0.15) is 5.75 Å². The first-order valence-corrected chi connectivity index (χ1v) is 16.7. The lowest BCUT2D eigenvalue weighted by Crippen LogP contribution is -2.59. The number of aromatic nitrogens is 1. The number of rotatable bonds is 7. The van der Waals surface area contributed by atoms with E-state index in [0.717, 1.165) is 57.7 Å². The monoisotopic (exact) mass is 619 g/mol. The van der Waals surface area contributed by atoms with Crippen LogP contribution in [-0.4, -0.2) is 93.3 Å². The molecular weight excluding hydrogens is 578 g/mol. The summed E-state index contributed by atoms with van der Waals surface area (Å²) in [7, 11) is 4.48. The second-order valence-corrected chi connectivity index (χ2v) is 14.5. The van der Waals surface area contributed by atoms with E-state index in [1.165, 1.54) is 26.1 Å². The van der Waals surface area contributed by atoms with Crippen LogP contribution in [0.15, 0.2) is 42.0 Å². The van der Waals surface area contributed by atoms with Crippen molar-refractivity contribution in [1.29, 1.82) is 0 Å². The first kappa shape index (κ1) is 30.4. The molecule has 6 rings (SSSR count). The topological polar surface area (TPSA) is 104 Å². The Hall–Kier alpha value is -3.67. The van der Waals surface area contributed by atoms with Crippen molar-refractivity contribution in [1.82, 2.24) is 23.4 Å². The highest BCUT2D eigenvalue weighted by atomic mass is 32.2. The Morgan fingerprint density at radius 3 is 2.36 bits per heavy atom. The predicted molar refractivity (Wildman–Crippen MR) is 172 cm³/mol. The van der Waals surface area contributed by atoms with Gasteiger partial charge in [-0.2, -0.15) is 12.7 Å². The zero-order valence-corrected chi connectivity index (χ0v) is 26.9. The first-order chi connectivity index (χ1) is 21.0. The molecule has 0 radical (unpaired) electrons. The van der Waals surface area contributed by atoms with Crippen LogP contribution in [0.25, 0.3) is 28.2 Å². The summed E-state index contributed by atoms with van der Waals surface area (Å²) in [5.74, 6) is 0.348. The molecule has 1 aliphatic carbocycles. The number of benzene rings is 2. The molecule has 44 heavy (non-hydrogen) atoms. The van der Waals surface area contributed by atoms with E-state index in [1.807, 2.05) is 43.3 Å². The molecule has 1 aromatic heterocycles. The van der Waals surface area contributed by atoms with Crippen molar-refractivity contribution in [2.75, 3.05) is 48.4 Å². The fourth-order valence-corrected chi connectivity index (χ4v) is 7.27. The maximum absolute atomic E-state index is 14.0. The van der Waals surface area contributed by atoms with Crippen LogP contribution in [0.3, 0.4) is 0 Å². The van der Waals surface area contributed by atoms with E-state index in [2.05, 4.69) is 20.3 Å². The van der Waals surface area contributed by atoms with Crippen LogP contribution in [0.2, 0.25) is 0 Å². The van der Waals surface area contributed by atoms with Gasteiger partial charge in [0.25, 0.3) is 11.8 Å². The Morgan fingerprint density at radius 1 is 0.977 bits per heavy atom. The average Bonchev–Trinajstić information content (AvgIpc) is 3.18. The summed E-state index contributed by atoms with van der Waals surface area (Å²) >= 11 is 0. The molecule has 0 bridgehead atoms. The van der Waals surface area contributed by atoms with E-state index in [9.17, 15) is 18.0 Å². The van der Waals surface area contributed by atoms with Crippen LogP contribution in [0, 0.1) is 0 Å². The number of fused-ring (bicyclic) bond motifs is 5. The summed E-state index contributed by atoms with van der Waals surface area (Å²) in [6.07, 6.45) is 7.65. The molecule has 1 saturated heterocycles. The minimum atomic E-state index is -3.96. The number of hydrogen-bond donors (Lipinski definition) is 1. The normalized spacial score (nSPS) is 17.6. The number of methoxy groups -OCH3 is 1. The number of amides is 2. The molecule has 2 aromatic carbocycles. The van der Waals surface area contributed by atoms with Gasteiger partial charge in [0.05, 0.1) is 19.3 Å². The number of ether oxygens (including phenoxy) is 1. The number of carbonyl (C=O) groups is 2. The van der Waals surface area contributed by atoms with Gasteiger partial charge in [-0.05, 0) is 80.4 Å². The fraction of sp³-hybridized carbons (Fsp3) is 0.455. The van der Waals surface area contributed by atoms with Crippen molar-refractivity contribution >= 4 is 39.0 Å². The molecule has 234 valence electrons. The first-order valence-electron chi connectivity index (χ1n) is 15.2. The van der Waals surface area contributed by atoms with E-state index >= 15 is 0 Å². The Kier molecular flexibility index (Phi) is 8.06. The van der Waals surface area contributed by atoms with Crippen LogP contribution in [0.1, 0.15) is 59.5 Å². The highest BCUT2D eigenvalue weighted by Gasteiger charge is 2.36. The predicted octanol–water partition coefficient (Wildman–Crippen LogP) is 4.07. The Morgan fingerprint density at radius 2 is 1.70 bits per heavy atom. The summed E-state index contributed by atoms with van der Waals surface area (Å²) in [6, 6.07) is 11.8. The lowest BCUT2D eigenvalue weighted by atomic mass is 9.81. The van der Waals surface area contributed by atoms with Gasteiger partial charge in [0.2, 0.25) is 0 Å². The molecule has 10 nitrogen and oxygen atoms in total. The average molecular weight is 620 g/mol. The number of nitrogens with one attached hydrogen (secondary N) is 1. The third-order valence-corrected chi connectivity index (χ3v) is 10.8. The molecule has 0 spiro atoms. The molecule has 3 heterocycles. The smallest absolute Gasteiger partial charge is 0.303 e. The number of likely N-dealkylation sites (tertiary alicyclic amines) is 1. The van der Waals surface area contributed by atoms with Gasteiger partial charge >= 0.3 is 10.2 Å². The van der Waals surface area contributed by atoms with Gasteiger partial charge in [-0.1, -0.05) is 25.3 Å². The summed E-state index contributed by atoms with van der Waals surface area (Å²) in [6.45, 7) is 1.68. The molecule has 11 heteroatoms. The van der Waals surface area contributed by atoms with Crippen LogP contribution in [0.5, 0.6) is 5.75 Å². The maximum Gasteiger partial charge on any atom is 0.303 e. The van der Waals surface area contributed by atoms with Crippen molar-refractivity contribution < 1.29 is 22.7 Å². The van der Waals surface area contributed by atoms with Gasteiger partial charge in [0.15, 0.2) is 0 Å². The van der Waals surface area contributed by atoms with Gasteiger partial charge in [0, 0.05) is 60.8 Å². The van der Waals surface area contributed by atoms with Crippen LogP contribution >= 0.6 is 0 Å². The fourth-order valence-electron chi connectivity index (χ4n) is 6.73. The molecule has 1 N–H and O–H groups in total. The number of nitrogens with zero attached hydrogens (tertiary/aromatic N) is 4. The lowest BCUT2D eigenvalue weighted by molar-refractivity contribution is -0.133. The Bertz CT molecular complexity index is 1760. The minimum Gasteiger partial charge on any atom is -0.497 e. The van der Waals surface area contributed by atoms with Gasteiger partial charge in [-0.25, -0.2) is 4.72 Å². The molecule has 3 aliphatic rings. The van der Waals surface area contributed by atoms with Crippen LogP contribution in [0.4, 0.5) is 0 Å². The van der Waals surface area contributed by atoms with Gasteiger partial charge in [-0.3, -0.25) is 9.59 Å². The molecule has 3 aromatic rings. The van der Waals surface area contributed by atoms with E-state index in [-0.39, 0.29) is 11.5 Å². The van der Waals surface area contributed by atoms with Crippen LogP contribution in [-0.2, 0) is 21.5 Å². The van der Waals surface area contributed by atoms with Crippen LogP contribution < -0.4 is 9.46 Å². The number of likely N-dealkylation sites (N-methyl/N-ethyl adjacent to an activating group) is 1. The minimum absolute atomic E-state index is 0.00300. The van der Waals surface area contributed by atoms with E-state index in [4.69, 9.17) is 4.74 Å². The van der Waals surface area contributed by atoms with Gasteiger partial charge in [-0.15, -0.1) is 0 Å². The maximum atomic E-state index is 14.0. The molecule has 0 unspecified atom stereocenters. The largest absolute Gasteiger partial charge is 0.497 e. The summed E-state index contributed by atoms with van der Waals surface area (Å²) in [5, 5.41) is 1.03. The van der Waals surface area contributed by atoms with Crippen molar-refractivity contribution in [2.24, 2.45) is 0 Å². The zero-order valence-electron chi connectivity index (χ0n) is 26.1. The molecule has 2 amide bonds. The SMILES string of the molecule is COc1ccc2c(c1)C=C(C(=O)N1CC(N(C)C)C1)Cn1c-2c(C2CCCCC2)c2ccc(C(=O)NS(=O)(=O)N(C)C)cc21. The van der Waals surface area contributed by atoms with E-state index < -0.39 is 16.1 Å². The lowest BCUT2D eigenvalue weighted by Gasteiger charge is -2.43.